The molecule has 6 unspecified atom stereocenters. The van der Waals surface area contributed by atoms with E-state index in [-0.39, 0.29) is 18.2 Å². The van der Waals surface area contributed by atoms with Gasteiger partial charge in [0, 0.05) is 24.1 Å². The standard InChI is InChI=1S/C28H33F4N5O5/c1-12-23(39)17(10-16-19(29)20(30)25(32)37-24(16)31)35-27(41)21(33-11-15-6-3-4-9-18(15)38)13(2)34-28(42)22(36-26(12)40)14-7-5-8-14/h3-4,6,9,12-14,17,21-23,33,38-39H,5,7-8,10-11H2,1-2H3,(H,34,42)(H,35,41)(H,36,40). The number of phenolic OH excluding ortho intramolecular Hbond substituents is 1. The lowest BCUT2D eigenvalue weighted by atomic mass is 9.78. The number of carbonyl (C=O) groups excluding carboxylic acids is 3. The largest absolute Gasteiger partial charge is 0.508 e. The molecule has 3 amide bonds. The van der Waals surface area contributed by atoms with E-state index in [0.717, 1.165) is 6.42 Å². The number of pyridine rings is 1. The van der Waals surface area contributed by atoms with Crippen molar-refractivity contribution in [2.75, 3.05) is 0 Å². The Kier molecular flexibility index (Phi) is 9.67. The normalized spacial score (nSPS) is 27.6. The van der Waals surface area contributed by atoms with Crippen molar-refractivity contribution in [1.29, 1.82) is 0 Å². The van der Waals surface area contributed by atoms with Crippen LogP contribution in [0.5, 0.6) is 5.75 Å². The summed E-state index contributed by atoms with van der Waals surface area (Å²) in [6.45, 7) is 2.79. The van der Waals surface area contributed by atoms with Crippen LogP contribution >= 0.6 is 0 Å². The second-order valence-electron chi connectivity index (χ2n) is 10.9. The molecule has 0 radical (unpaired) electrons. The first-order valence-corrected chi connectivity index (χ1v) is 13.7. The van der Waals surface area contributed by atoms with E-state index in [4.69, 9.17) is 0 Å². The van der Waals surface area contributed by atoms with Crippen LogP contribution in [0.1, 0.15) is 44.2 Å². The summed E-state index contributed by atoms with van der Waals surface area (Å²) in [6, 6.07) is 1.66. The first kappa shape index (κ1) is 31.2. The summed E-state index contributed by atoms with van der Waals surface area (Å²) in [5, 5.41) is 32.1. The third-order valence-corrected chi connectivity index (χ3v) is 8.03. The van der Waals surface area contributed by atoms with Crippen LogP contribution < -0.4 is 21.3 Å². The Labute approximate surface area is 239 Å². The number of amides is 3. The molecule has 1 saturated carbocycles. The quantitative estimate of drug-likeness (QED) is 0.218. The molecule has 1 aromatic carbocycles. The van der Waals surface area contributed by atoms with Crippen molar-refractivity contribution in [2.45, 2.75) is 76.3 Å². The molecule has 14 heteroatoms. The van der Waals surface area contributed by atoms with Crippen molar-refractivity contribution in [1.82, 2.24) is 26.3 Å². The number of hydrogen-bond acceptors (Lipinski definition) is 7. The van der Waals surface area contributed by atoms with E-state index >= 15 is 0 Å². The summed E-state index contributed by atoms with van der Waals surface area (Å²) < 4.78 is 56.5. The highest BCUT2D eigenvalue weighted by Gasteiger charge is 2.41. The van der Waals surface area contributed by atoms with Gasteiger partial charge in [-0.25, -0.2) is 4.39 Å². The molecule has 6 atom stereocenters. The first-order valence-electron chi connectivity index (χ1n) is 13.7. The minimum atomic E-state index is -2.03. The average molecular weight is 596 g/mol. The molecule has 0 spiro atoms. The molecule has 42 heavy (non-hydrogen) atoms. The number of aromatic hydroxyl groups is 1. The van der Waals surface area contributed by atoms with Gasteiger partial charge in [0.15, 0.2) is 5.82 Å². The predicted molar refractivity (Wildman–Crippen MR) is 140 cm³/mol. The number of aliphatic hydroxyl groups excluding tert-OH is 1. The van der Waals surface area contributed by atoms with Gasteiger partial charge < -0.3 is 26.2 Å². The van der Waals surface area contributed by atoms with Crippen molar-refractivity contribution < 1.29 is 42.2 Å². The zero-order chi connectivity index (χ0) is 30.7. The number of phenols is 1. The summed E-state index contributed by atoms with van der Waals surface area (Å²) in [5.74, 6) is -11.3. The lowest BCUT2D eigenvalue weighted by Crippen LogP contribution is -2.64. The van der Waals surface area contributed by atoms with Gasteiger partial charge in [0.2, 0.25) is 29.5 Å². The van der Waals surface area contributed by atoms with Gasteiger partial charge in [0.05, 0.1) is 24.1 Å². The molecule has 2 aliphatic rings. The Hall–Kier alpha value is -3.78. The van der Waals surface area contributed by atoms with Crippen LogP contribution in [0.2, 0.25) is 0 Å². The lowest BCUT2D eigenvalue weighted by molar-refractivity contribution is -0.137. The maximum Gasteiger partial charge on any atom is 0.254 e. The SMILES string of the molecule is CC1NC(=O)C(C2CCC2)NC(=O)C(C)C(O)C(Cc2c(F)nc(F)c(F)c2F)NC(=O)C1NCc1ccccc1O. The van der Waals surface area contributed by atoms with E-state index in [0.29, 0.717) is 18.4 Å². The second kappa shape index (κ2) is 13.0. The van der Waals surface area contributed by atoms with Gasteiger partial charge in [0.25, 0.3) is 5.95 Å². The number of carbonyl (C=O) groups is 3. The molecular weight excluding hydrogens is 562 g/mol. The van der Waals surface area contributed by atoms with E-state index in [1.54, 1.807) is 18.2 Å². The van der Waals surface area contributed by atoms with Crippen LogP contribution in [-0.2, 0) is 27.3 Å². The number of benzene rings is 1. The summed E-state index contributed by atoms with van der Waals surface area (Å²) in [5.41, 5.74) is -0.609. The Morgan fingerprint density at radius 1 is 0.929 bits per heavy atom. The average Bonchev–Trinajstić information content (AvgIpc) is 2.91. The number of halogens is 4. The van der Waals surface area contributed by atoms with E-state index in [9.17, 15) is 42.2 Å². The van der Waals surface area contributed by atoms with Crippen LogP contribution in [0.15, 0.2) is 24.3 Å². The first-order chi connectivity index (χ1) is 19.9. The number of nitrogens with zero attached hydrogens (tertiary/aromatic N) is 1. The van der Waals surface area contributed by atoms with Crippen LogP contribution in [-0.4, -0.2) is 63.2 Å². The number of para-hydroxylation sites is 1. The zero-order valence-corrected chi connectivity index (χ0v) is 23.0. The van der Waals surface area contributed by atoms with Crippen molar-refractivity contribution in [3.8, 4) is 5.75 Å². The minimum Gasteiger partial charge on any atom is -0.508 e. The van der Waals surface area contributed by atoms with E-state index in [1.807, 2.05) is 0 Å². The molecular formula is C28H33F4N5O5. The van der Waals surface area contributed by atoms with Gasteiger partial charge in [-0.2, -0.15) is 18.2 Å². The third kappa shape index (κ3) is 6.65. The maximum absolute atomic E-state index is 14.6. The summed E-state index contributed by atoms with van der Waals surface area (Å²) in [7, 11) is 0. The third-order valence-electron chi connectivity index (χ3n) is 8.03. The molecule has 1 saturated heterocycles. The minimum absolute atomic E-state index is 0.0340. The van der Waals surface area contributed by atoms with Gasteiger partial charge >= 0.3 is 0 Å². The van der Waals surface area contributed by atoms with E-state index in [1.165, 1.54) is 19.9 Å². The second-order valence-corrected chi connectivity index (χ2v) is 10.9. The zero-order valence-electron chi connectivity index (χ0n) is 23.0. The summed E-state index contributed by atoms with van der Waals surface area (Å²) in [4.78, 5) is 42.8. The molecule has 1 aliphatic carbocycles. The van der Waals surface area contributed by atoms with Crippen molar-refractivity contribution >= 4 is 17.7 Å². The molecule has 2 aromatic rings. The highest BCUT2D eigenvalue weighted by atomic mass is 19.2. The Morgan fingerprint density at radius 2 is 1.62 bits per heavy atom. The maximum atomic E-state index is 14.6. The number of hydrogen-bond donors (Lipinski definition) is 6. The molecule has 0 bridgehead atoms. The molecule has 2 fully saturated rings. The number of nitrogens with one attached hydrogen (secondary N) is 4. The fourth-order valence-corrected chi connectivity index (χ4v) is 5.17. The molecule has 228 valence electrons. The van der Waals surface area contributed by atoms with E-state index in [2.05, 4.69) is 26.3 Å². The smallest absolute Gasteiger partial charge is 0.254 e. The molecule has 1 aliphatic heterocycles. The highest BCUT2D eigenvalue weighted by molar-refractivity contribution is 5.90. The van der Waals surface area contributed by atoms with Crippen molar-refractivity contribution in [2.24, 2.45) is 11.8 Å². The monoisotopic (exact) mass is 595 g/mol. The van der Waals surface area contributed by atoms with Crippen LogP contribution in [0.3, 0.4) is 0 Å². The highest BCUT2D eigenvalue weighted by Crippen LogP contribution is 2.30. The van der Waals surface area contributed by atoms with Gasteiger partial charge in [-0.3, -0.25) is 19.7 Å². The van der Waals surface area contributed by atoms with Gasteiger partial charge in [-0.15, -0.1) is 0 Å². The van der Waals surface area contributed by atoms with Gasteiger partial charge in [-0.05, 0) is 31.7 Å². The van der Waals surface area contributed by atoms with Gasteiger partial charge in [0.1, 0.15) is 17.8 Å². The Balaban J connectivity index is 1.70. The van der Waals surface area contributed by atoms with Crippen LogP contribution in [0.25, 0.3) is 0 Å². The molecule has 2 heterocycles. The van der Waals surface area contributed by atoms with Crippen molar-refractivity contribution in [3.05, 3.63) is 58.9 Å². The Bertz CT molecular complexity index is 1340. The predicted octanol–water partition coefficient (Wildman–Crippen LogP) is 1.33. The summed E-state index contributed by atoms with van der Waals surface area (Å²) in [6.07, 6.45) is -0.468. The fourth-order valence-electron chi connectivity index (χ4n) is 5.17. The van der Waals surface area contributed by atoms with Gasteiger partial charge in [-0.1, -0.05) is 31.5 Å². The number of rotatable bonds is 6. The van der Waals surface area contributed by atoms with E-state index < -0.39 is 89.4 Å². The number of aliphatic hydroxyl groups is 1. The summed E-state index contributed by atoms with van der Waals surface area (Å²) >= 11 is 0. The molecule has 1 aromatic heterocycles. The van der Waals surface area contributed by atoms with Crippen molar-refractivity contribution in [3.63, 3.8) is 0 Å². The molecule has 6 N–H and O–H groups in total. The van der Waals surface area contributed by atoms with Crippen LogP contribution in [0, 0.1) is 35.4 Å². The Morgan fingerprint density at radius 3 is 2.26 bits per heavy atom. The number of aromatic nitrogens is 1. The molecule has 10 nitrogen and oxygen atoms in total. The lowest BCUT2D eigenvalue weighted by Gasteiger charge is -2.37. The topological polar surface area (TPSA) is 153 Å². The molecule has 4 rings (SSSR count). The fraction of sp³-hybridized carbons (Fsp3) is 0.500. The van der Waals surface area contributed by atoms with Crippen LogP contribution in [0.4, 0.5) is 17.6 Å².